The molecule has 0 saturated heterocycles. The highest BCUT2D eigenvalue weighted by Gasteiger charge is 2.30. The van der Waals surface area contributed by atoms with Gasteiger partial charge in [0.2, 0.25) is 0 Å². The van der Waals surface area contributed by atoms with Gasteiger partial charge in [-0.25, -0.2) is 4.79 Å². The zero-order valence-corrected chi connectivity index (χ0v) is 21.7. The summed E-state index contributed by atoms with van der Waals surface area (Å²) in [5.41, 5.74) is 0.489. The molecule has 8 nitrogen and oxygen atoms in total. The maximum Gasteiger partial charge on any atom is 0.416 e. The van der Waals surface area contributed by atoms with Crippen LogP contribution < -0.4 is 10.1 Å². The van der Waals surface area contributed by atoms with Crippen molar-refractivity contribution in [2.24, 2.45) is 0 Å². The van der Waals surface area contributed by atoms with Crippen molar-refractivity contribution in [3.63, 3.8) is 0 Å². The Morgan fingerprint density at radius 2 is 1.38 bits per heavy atom. The van der Waals surface area contributed by atoms with Crippen LogP contribution in [-0.4, -0.2) is 65.1 Å². The minimum atomic E-state index is -4.47. The number of carbonyl (C=O) groups excluding carboxylic acids is 2. The molecule has 0 fully saturated rings. The highest BCUT2D eigenvalue weighted by molar-refractivity contribution is 5.96. The Morgan fingerprint density at radius 1 is 0.750 bits per heavy atom. The molecular formula is C29H30F3NO7. The van der Waals surface area contributed by atoms with Crippen molar-refractivity contribution in [2.75, 3.05) is 58.2 Å². The van der Waals surface area contributed by atoms with E-state index in [4.69, 9.17) is 23.7 Å². The molecule has 214 valence electrons. The van der Waals surface area contributed by atoms with Gasteiger partial charge in [-0.2, -0.15) is 13.2 Å². The number of rotatable bonds is 17. The lowest BCUT2D eigenvalue weighted by Crippen LogP contribution is -2.15. The van der Waals surface area contributed by atoms with Crippen LogP contribution in [0.25, 0.3) is 0 Å². The fraction of sp³-hybridized carbons (Fsp3) is 0.310. The molecule has 3 aromatic rings. The molecule has 0 radical (unpaired) electrons. The zero-order valence-electron chi connectivity index (χ0n) is 21.7. The van der Waals surface area contributed by atoms with Gasteiger partial charge in [0.1, 0.15) is 25.2 Å². The lowest BCUT2D eigenvalue weighted by atomic mass is 10.1. The van der Waals surface area contributed by atoms with Crippen molar-refractivity contribution in [2.45, 2.75) is 6.18 Å². The van der Waals surface area contributed by atoms with Crippen LogP contribution in [0, 0.1) is 0 Å². The number of hydrogen-bond donors (Lipinski definition) is 1. The Hall–Kier alpha value is -3.93. The van der Waals surface area contributed by atoms with Crippen LogP contribution in [0.2, 0.25) is 0 Å². The smallest absolute Gasteiger partial charge is 0.416 e. The molecule has 40 heavy (non-hydrogen) atoms. The maximum atomic E-state index is 13.0. The molecule has 0 spiro atoms. The topological polar surface area (TPSA) is 92.3 Å². The molecule has 0 unspecified atom stereocenters. The van der Waals surface area contributed by atoms with Gasteiger partial charge in [-0.1, -0.05) is 18.2 Å². The van der Waals surface area contributed by atoms with Crippen molar-refractivity contribution in [1.82, 2.24) is 0 Å². The first kappa shape index (κ1) is 30.6. The molecule has 0 aromatic heterocycles. The molecule has 3 aromatic carbocycles. The molecule has 0 atom stereocenters. The van der Waals surface area contributed by atoms with E-state index in [1.807, 2.05) is 0 Å². The second-order valence-electron chi connectivity index (χ2n) is 8.26. The highest BCUT2D eigenvalue weighted by atomic mass is 19.4. The largest absolute Gasteiger partial charge is 0.491 e. The van der Waals surface area contributed by atoms with Crippen molar-refractivity contribution >= 4 is 23.6 Å². The minimum Gasteiger partial charge on any atom is -0.491 e. The monoisotopic (exact) mass is 561 g/mol. The Labute approximate surface area is 229 Å². The van der Waals surface area contributed by atoms with Crippen LogP contribution >= 0.6 is 0 Å². The second-order valence-corrected chi connectivity index (χ2v) is 8.26. The van der Waals surface area contributed by atoms with E-state index in [-0.39, 0.29) is 24.5 Å². The fourth-order valence-electron chi connectivity index (χ4n) is 3.37. The summed E-state index contributed by atoms with van der Waals surface area (Å²) < 4.78 is 65.9. The van der Waals surface area contributed by atoms with Crippen LogP contribution in [0.15, 0.2) is 72.8 Å². The standard InChI is InChI=1S/C29H30F3NO7/c30-29(31,32)23-4-3-5-24(20-23)33-27-7-2-1-6-26(27)28(35)40-19-17-38-15-13-36-12-14-37-16-18-39-25-10-8-22(21-34)9-11-25/h1-11,20-21,33H,12-19H2. The summed E-state index contributed by atoms with van der Waals surface area (Å²) in [6, 6.07) is 17.9. The number of alkyl halides is 3. The first-order chi connectivity index (χ1) is 19.4. The predicted molar refractivity (Wildman–Crippen MR) is 141 cm³/mol. The summed E-state index contributed by atoms with van der Waals surface area (Å²) >= 11 is 0. The quantitative estimate of drug-likeness (QED) is 0.130. The number of nitrogens with one attached hydrogen (secondary N) is 1. The van der Waals surface area contributed by atoms with Crippen LogP contribution in [0.5, 0.6) is 5.75 Å². The third-order valence-electron chi connectivity index (χ3n) is 5.33. The first-order valence-electron chi connectivity index (χ1n) is 12.5. The third-order valence-corrected chi connectivity index (χ3v) is 5.33. The van der Waals surface area contributed by atoms with E-state index in [9.17, 15) is 22.8 Å². The van der Waals surface area contributed by atoms with E-state index in [0.717, 1.165) is 18.4 Å². The summed E-state index contributed by atoms with van der Waals surface area (Å²) in [6.07, 6.45) is -3.71. The van der Waals surface area contributed by atoms with Crippen LogP contribution in [-0.2, 0) is 25.1 Å². The highest BCUT2D eigenvalue weighted by Crippen LogP contribution is 2.32. The number of ether oxygens (including phenoxy) is 5. The van der Waals surface area contributed by atoms with Gasteiger partial charge >= 0.3 is 12.1 Å². The molecule has 0 saturated carbocycles. The Morgan fingerprint density at radius 3 is 2.02 bits per heavy atom. The van der Waals surface area contributed by atoms with Gasteiger partial charge in [0.15, 0.2) is 0 Å². The molecule has 0 aliphatic carbocycles. The van der Waals surface area contributed by atoms with Gasteiger partial charge in [-0.05, 0) is 54.6 Å². The lowest BCUT2D eigenvalue weighted by molar-refractivity contribution is -0.137. The molecule has 0 aliphatic heterocycles. The summed E-state index contributed by atoms with van der Waals surface area (Å²) in [4.78, 5) is 23.1. The molecule has 11 heteroatoms. The molecular weight excluding hydrogens is 531 g/mol. The van der Waals surface area contributed by atoms with Gasteiger partial charge in [-0.3, -0.25) is 4.79 Å². The van der Waals surface area contributed by atoms with E-state index in [1.54, 1.807) is 42.5 Å². The first-order valence-corrected chi connectivity index (χ1v) is 12.5. The van der Waals surface area contributed by atoms with Gasteiger partial charge < -0.3 is 29.0 Å². The zero-order chi connectivity index (χ0) is 28.6. The molecule has 0 heterocycles. The maximum absolute atomic E-state index is 13.0. The van der Waals surface area contributed by atoms with Crippen molar-refractivity contribution in [1.29, 1.82) is 0 Å². The average molecular weight is 562 g/mol. The van der Waals surface area contributed by atoms with Crippen LogP contribution in [0.3, 0.4) is 0 Å². The summed E-state index contributed by atoms with van der Waals surface area (Å²) in [5, 5.41) is 2.85. The molecule has 1 N–H and O–H groups in total. The van der Waals surface area contributed by atoms with Gasteiger partial charge in [0, 0.05) is 11.3 Å². The summed E-state index contributed by atoms with van der Waals surface area (Å²) in [6.45, 7) is 2.30. The summed E-state index contributed by atoms with van der Waals surface area (Å²) in [5.74, 6) is 0.0262. The van der Waals surface area contributed by atoms with Crippen LogP contribution in [0.4, 0.5) is 24.5 Å². The van der Waals surface area contributed by atoms with E-state index in [1.165, 1.54) is 18.2 Å². The normalized spacial score (nSPS) is 11.2. The molecule has 3 rings (SSSR count). The van der Waals surface area contributed by atoms with Gasteiger partial charge in [0.25, 0.3) is 0 Å². The van der Waals surface area contributed by atoms with Crippen LogP contribution in [0.1, 0.15) is 26.3 Å². The molecule has 0 bridgehead atoms. The van der Waals surface area contributed by atoms with E-state index in [0.29, 0.717) is 56.6 Å². The number of esters is 1. The number of halogens is 3. The number of aldehydes is 1. The van der Waals surface area contributed by atoms with E-state index >= 15 is 0 Å². The second kappa shape index (κ2) is 16.2. The fourth-order valence-corrected chi connectivity index (χ4v) is 3.37. The Balaban J connectivity index is 1.24. The molecule has 0 amide bonds. The van der Waals surface area contributed by atoms with Crippen molar-refractivity contribution in [3.05, 3.63) is 89.5 Å². The average Bonchev–Trinajstić information content (AvgIpc) is 2.95. The Kier molecular flexibility index (Phi) is 12.4. The minimum absolute atomic E-state index is 0.00227. The number of hydrogen-bond acceptors (Lipinski definition) is 8. The van der Waals surface area contributed by atoms with Gasteiger partial charge in [-0.15, -0.1) is 0 Å². The van der Waals surface area contributed by atoms with E-state index in [2.05, 4.69) is 5.32 Å². The number of benzene rings is 3. The third kappa shape index (κ3) is 10.7. The van der Waals surface area contributed by atoms with E-state index < -0.39 is 17.7 Å². The van der Waals surface area contributed by atoms with Crippen molar-refractivity contribution < 1.29 is 46.4 Å². The lowest BCUT2D eigenvalue weighted by Gasteiger charge is -2.13. The predicted octanol–water partition coefficient (Wildman–Crippen LogP) is 5.55. The number of carbonyl (C=O) groups is 2. The van der Waals surface area contributed by atoms with Gasteiger partial charge in [0.05, 0.1) is 56.5 Å². The SMILES string of the molecule is O=Cc1ccc(OCCOCCOCCOCCOC(=O)c2ccccc2Nc2cccc(C(F)(F)F)c2)cc1. The Bertz CT molecular complexity index is 1200. The van der Waals surface area contributed by atoms with Crippen molar-refractivity contribution in [3.8, 4) is 5.75 Å². The molecule has 0 aliphatic rings. The number of anilines is 2. The summed E-state index contributed by atoms with van der Waals surface area (Å²) in [7, 11) is 0. The number of para-hydroxylation sites is 1.